The van der Waals surface area contributed by atoms with E-state index in [0.29, 0.717) is 22.5 Å². The van der Waals surface area contributed by atoms with E-state index in [9.17, 15) is 4.79 Å². The number of nitrogens with two attached hydrogens (primary N) is 1. The summed E-state index contributed by atoms with van der Waals surface area (Å²) in [4.78, 5) is 12.2. The molecule has 0 aliphatic rings. The molecule has 0 unspecified atom stereocenters. The highest BCUT2D eigenvalue weighted by atomic mass is 16.1. The molecule has 0 radical (unpaired) electrons. The van der Waals surface area contributed by atoms with Gasteiger partial charge in [0.25, 0.3) is 5.91 Å². The fourth-order valence-corrected chi connectivity index (χ4v) is 2.05. The van der Waals surface area contributed by atoms with Crippen LogP contribution in [0.2, 0.25) is 0 Å². The van der Waals surface area contributed by atoms with E-state index in [-0.39, 0.29) is 5.91 Å². The maximum atomic E-state index is 12.2. The number of anilines is 2. The number of carbonyl (C=O) groups excluding carboxylic acids is 1. The molecule has 2 aromatic rings. The summed E-state index contributed by atoms with van der Waals surface area (Å²) in [5.41, 5.74) is 9.82. The Hall–Kier alpha value is -2.80. The lowest BCUT2D eigenvalue weighted by atomic mass is 10.1. The van der Waals surface area contributed by atoms with Crippen LogP contribution in [-0.2, 0) is 0 Å². The number of hydrogen-bond donors (Lipinski definition) is 2. The summed E-state index contributed by atoms with van der Waals surface area (Å²) in [5, 5.41) is 11.5. The van der Waals surface area contributed by atoms with E-state index >= 15 is 0 Å². The molecule has 2 rings (SSSR count). The second-order valence-electron chi connectivity index (χ2n) is 4.74. The molecule has 0 saturated carbocycles. The topological polar surface area (TPSA) is 78.9 Å². The Balaban J connectivity index is 2.26. The summed E-state index contributed by atoms with van der Waals surface area (Å²) in [7, 11) is 0. The van der Waals surface area contributed by atoms with Crippen molar-refractivity contribution in [3.05, 3.63) is 58.7 Å². The van der Waals surface area contributed by atoms with Crippen LogP contribution in [-0.4, -0.2) is 5.91 Å². The van der Waals surface area contributed by atoms with Gasteiger partial charge < -0.3 is 11.1 Å². The van der Waals surface area contributed by atoms with Crippen LogP contribution in [0.4, 0.5) is 11.4 Å². The van der Waals surface area contributed by atoms with Crippen LogP contribution in [0, 0.1) is 25.2 Å². The Morgan fingerprint density at radius 2 is 1.80 bits per heavy atom. The third-order valence-corrected chi connectivity index (χ3v) is 2.91. The van der Waals surface area contributed by atoms with Gasteiger partial charge in [-0.2, -0.15) is 5.26 Å². The zero-order valence-electron chi connectivity index (χ0n) is 11.4. The van der Waals surface area contributed by atoms with Crippen molar-refractivity contribution in [2.75, 3.05) is 11.1 Å². The molecule has 0 fully saturated rings. The molecule has 4 heteroatoms. The average molecular weight is 265 g/mol. The molecule has 0 heterocycles. The van der Waals surface area contributed by atoms with E-state index in [1.807, 2.05) is 38.1 Å². The van der Waals surface area contributed by atoms with Gasteiger partial charge in [0, 0.05) is 5.56 Å². The second-order valence-corrected chi connectivity index (χ2v) is 4.74. The van der Waals surface area contributed by atoms with E-state index < -0.39 is 0 Å². The fourth-order valence-electron chi connectivity index (χ4n) is 2.05. The van der Waals surface area contributed by atoms with Gasteiger partial charge in [0.05, 0.1) is 23.0 Å². The lowest BCUT2D eigenvalue weighted by molar-refractivity contribution is 0.102. The van der Waals surface area contributed by atoms with Gasteiger partial charge in [-0.15, -0.1) is 0 Å². The highest BCUT2D eigenvalue weighted by Gasteiger charge is 2.09. The van der Waals surface area contributed by atoms with Crippen LogP contribution in [0.3, 0.4) is 0 Å². The van der Waals surface area contributed by atoms with Gasteiger partial charge in [0.2, 0.25) is 0 Å². The van der Waals surface area contributed by atoms with Gasteiger partial charge in [0.1, 0.15) is 0 Å². The van der Waals surface area contributed by atoms with Crippen molar-refractivity contribution in [1.82, 2.24) is 0 Å². The molecule has 4 nitrogen and oxygen atoms in total. The van der Waals surface area contributed by atoms with E-state index in [1.165, 1.54) is 6.07 Å². The van der Waals surface area contributed by atoms with Crippen molar-refractivity contribution < 1.29 is 4.79 Å². The average Bonchev–Trinajstić information content (AvgIpc) is 2.39. The Bertz CT molecular complexity index is 694. The minimum absolute atomic E-state index is 0.215. The standard InChI is InChI=1S/C16H15N3O/c1-10-5-11(2)7-13(6-10)16(20)19-15-4-3-12(9-17)8-14(15)18/h3-8H,18H2,1-2H3,(H,19,20). The number of hydrogen-bond acceptors (Lipinski definition) is 3. The first-order valence-electron chi connectivity index (χ1n) is 6.19. The summed E-state index contributed by atoms with van der Waals surface area (Å²) in [6.07, 6.45) is 0. The van der Waals surface area contributed by atoms with Crippen LogP contribution in [0.15, 0.2) is 36.4 Å². The number of amides is 1. The smallest absolute Gasteiger partial charge is 0.255 e. The lowest BCUT2D eigenvalue weighted by Gasteiger charge is -2.09. The SMILES string of the molecule is Cc1cc(C)cc(C(=O)Nc2ccc(C#N)cc2N)c1. The zero-order valence-corrected chi connectivity index (χ0v) is 11.4. The lowest BCUT2D eigenvalue weighted by Crippen LogP contribution is -2.13. The Morgan fingerprint density at radius 3 is 2.35 bits per heavy atom. The molecule has 3 N–H and O–H groups in total. The van der Waals surface area contributed by atoms with Crippen LogP contribution >= 0.6 is 0 Å². The van der Waals surface area contributed by atoms with Crippen LogP contribution in [0.5, 0.6) is 0 Å². The molecule has 0 aliphatic heterocycles. The molecule has 0 aliphatic carbocycles. The predicted molar refractivity (Wildman–Crippen MR) is 79.4 cm³/mol. The van der Waals surface area contributed by atoms with Gasteiger partial charge in [-0.1, -0.05) is 17.2 Å². The van der Waals surface area contributed by atoms with E-state index in [2.05, 4.69) is 5.32 Å². The molecule has 0 aromatic heterocycles. The first-order valence-corrected chi connectivity index (χ1v) is 6.19. The van der Waals surface area contributed by atoms with Gasteiger partial charge in [-0.25, -0.2) is 0 Å². The Morgan fingerprint density at radius 1 is 1.15 bits per heavy atom. The van der Waals surface area contributed by atoms with E-state index in [0.717, 1.165) is 11.1 Å². The first-order chi connectivity index (χ1) is 9.49. The number of aryl methyl sites for hydroxylation is 2. The Labute approximate surface area is 117 Å². The fraction of sp³-hybridized carbons (Fsp3) is 0.125. The van der Waals surface area contributed by atoms with E-state index in [4.69, 9.17) is 11.0 Å². The number of carbonyl (C=O) groups is 1. The van der Waals surface area contributed by atoms with Gasteiger partial charge in [-0.3, -0.25) is 4.79 Å². The maximum absolute atomic E-state index is 12.2. The maximum Gasteiger partial charge on any atom is 0.255 e. The molecule has 1 amide bonds. The first kappa shape index (κ1) is 13.6. The number of nitrogen functional groups attached to an aromatic ring is 1. The molecule has 0 saturated heterocycles. The van der Waals surface area contributed by atoms with Crippen LogP contribution in [0.1, 0.15) is 27.0 Å². The molecule has 0 atom stereocenters. The molecule has 0 spiro atoms. The molecule has 100 valence electrons. The number of nitriles is 1. The van der Waals surface area contributed by atoms with Crippen molar-refractivity contribution in [3.63, 3.8) is 0 Å². The molecule has 20 heavy (non-hydrogen) atoms. The van der Waals surface area contributed by atoms with Crippen molar-refractivity contribution >= 4 is 17.3 Å². The van der Waals surface area contributed by atoms with E-state index in [1.54, 1.807) is 12.1 Å². The number of nitrogens with zero attached hydrogens (tertiary/aromatic N) is 1. The quantitative estimate of drug-likeness (QED) is 0.819. The highest BCUT2D eigenvalue weighted by molar-refractivity contribution is 6.06. The molecule has 2 aromatic carbocycles. The summed E-state index contributed by atoms with van der Waals surface area (Å²) in [6, 6.07) is 12.4. The number of nitrogens with one attached hydrogen (secondary N) is 1. The number of benzene rings is 2. The summed E-state index contributed by atoms with van der Waals surface area (Å²) >= 11 is 0. The minimum Gasteiger partial charge on any atom is -0.397 e. The summed E-state index contributed by atoms with van der Waals surface area (Å²) in [5.74, 6) is -0.215. The van der Waals surface area contributed by atoms with Crippen LogP contribution in [0.25, 0.3) is 0 Å². The monoisotopic (exact) mass is 265 g/mol. The third-order valence-electron chi connectivity index (χ3n) is 2.91. The third kappa shape index (κ3) is 2.96. The van der Waals surface area contributed by atoms with Gasteiger partial charge >= 0.3 is 0 Å². The zero-order chi connectivity index (χ0) is 14.7. The minimum atomic E-state index is -0.215. The Kier molecular flexibility index (Phi) is 3.72. The molecule has 0 bridgehead atoms. The second kappa shape index (κ2) is 5.45. The highest BCUT2D eigenvalue weighted by Crippen LogP contribution is 2.20. The van der Waals surface area contributed by atoms with Crippen molar-refractivity contribution in [3.8, 4) is 6.07 Å². The van der Waals surface area contributed by atoms with Crippen molar-refractivity contribution in [1.29, 1.82) is 5.26 Å². The van der Waals surface area contributed by atoms with Crippen LogP contribution < -0.4 is 11.1 Å². The largest absolute Gasteiger partial charge is 0.397 e. The summed E-state index contributed by atoms with van der Waals surface area (Å²) < 4.78 is 0. The van der Waals surface area contributed by atoms with Crippen molar-refractivity contribution in [2.24, 2.45) is 0 Å². The normalized spacial score (nSPS) is 9.85. The molecular formula is C16H15N3O. The van der Waals surface area contributed by atoms with Gasteiger partial charge in [-0.05, 0) is 44.2 Å². The molecular weight excluding hydrogens is 250 g/mol. The van der Waals surface area contributed by atoms with Crippen molar-refractivity contribution in [2.45, 2.75) is 13.8 Å². The summed E-state index contributed by atoms with van der Waals surface area (Å²) in [6.45, 7) is 3.89. The van der Waals surface area contributed by atoms with Gasteiger partial charge in [0.15, 0.2) is 0 Å². The number of rotatable bonds is 2. The predicted octanol–water partition coefficient (Wildman–Crippen LogP) is 3.01.